The van der Waals surface area contributed by atoms with Gasteiger partial charge in [-0.25, -0.2) is 4.98 Å². The molecule has 1 saturated heterocycles. The Balaban J connectivity index is 2.14. The molecule has 1 aromatic heterocycles. The largest absolute Gasteiger partial charge is 0.356 e. The summed E-state index contributed by atoms with van der Waals surface area (Å²) in [6, 6.07) is 4.14. The van der Waals surface area contributed by atoms with E-state index in [-0.39, 0.29) is 6.04 Å². The van der Waals surface area contributed by atoms with Gasteiger partial charge in [-0.3, -0.25) is 0 Å². The van der Waals surface area contributed by atoms with Gasteiger partial charge in [-0.05, 0) is 44.1 Å². The van der Waals surface area contributed by atoms with Gasteiger partial charge in [0.25, 0.3) is 0 Å². The van der Waals surface area contributed by atoms with Gasteiger partial charge in [0.2, 0.25) is 0 Å². The van der Waals surface area contributed by atoms with Gasteiger partial charge in [0.15, 0.2) is 0 Å². The number of nitrogens with two attached hydrogens (primary N) is 1. The van der Waals surface area contributed by atoms with Crippen LogP contribution in [0.2, 0.25) is 0 Å². The highest BCUT2D eigenvalue weighted by Crippen LogP contribution is 2.29. The fourth-order valence-corrected chi connectivity index (χ4v) is 3.03. The Morgan fingerprint density at radius 2 is 2.05 bits per heavy atom. The normalized spacial score (nSPS) is 22.4. The minimum absolute atomic E-state index is 0.0489. The van der Waals surface area contributed by atoms with Gasteiger partial charge in [-0.15, -0.1) is 0 Å². The SMILES string of the molecule is CC(C)C1CCCN(c2ncccc2[C@H](C)N)CC1. The molecule has 2 rings (SSSR count). The van der Waals surface area contributed by atoms with Crippen LogP contribution in [-0.4, -0.2) is 18.1 Å². The monoisotopic (exact) mass is 261 g/mol. The molecular formula is C16H27N3. The van der Waals surface area contributed by atoms with Crippen molar-refractivity contribution >= 4 is 5.82 Å². The Bertz CT molecular complexity index is 401. The van der Waals surface area contributed by atoms with Crippen molar-refractivity contribution in [2.24, 2.45) is 17.6 Å². The first-order chi connectivity index (χ1) is 9.09. The first-order valence-corrected chi connectivity index (χ1v) is 7.55. The standard InChI is InChI=1S/C16H27N3/c1-12(2)14-6-5-10-19(11-8-14)16-15(13(3)17)7-4-9-18-16/h4,7,9,12-14H,5-6,8,10-11,17H2,1-3H3/t13-,14?/m0/s1. The predicted octanol–water partition coefficient (Wildman–Crippen LogP) is 3.36. The molecule has 0 radical (unpaired) electrons. The summed E-state index contributed by atoms with van der Waals surface area (Å²) in [5, 5.41) is 0. The molecule has 0 aromatic carbocycles. The highest BCUT2D eigenvalue weighted by Gasteiger charge is 2.22. The van der Waals surface area contributed by atoms with Crippen molar-refractivity contribution in [1.29, 1.82) is 0 Å². The zero-order valence-corrected chi connectivity index (χ0v) is 12.5. The van der Waals surface area contributed by atoms with Crippen molar-refractivity contribution in [3.8, 4) is 0 Å². The minimum Gasteiger partial charge on any atom is -0.356 e. The topological polar surface area (TPSA) is 42.2 Å². The van der Waals surface area contributed by atoms with Gasteiger partial charge in [-0.2, -0.15) is 0 Å². The second-order valence-corrected chi connectivity index (χ2v) is 6.13. The average molecular weight is 261 g/mol. The predicted molar refractivity (Wildman–Crippen MR) is 81.2 cm³/mol. The molecule has 0 spiro atoms. The van der Waals surface area contributed by atoms with Gasteiger partial charge in [-0.1, -0.05) is 19.9 Å². The van der Waals surface area contributed by atoms with Gasteiger partial charge < -0.3 is 10.6 Å². The average Bonchev–Trinajstić information content (AvgIpc) is 2.64. The number of anilines is 1. The van der Waals surface area contributed by atoms with Gasteiger partial charge in [0.05, 0.1) is 0 Å². The van der Waals surface area contributed by atoms with E-state index in [9.17, 15) is 0 Å². The smallest absolute Gasteiger partial charge is 0.133 e. The van der Waals surface area contributed by atoms with Crippen LogP contribution < -0.4 is 10.6 Å². The zero-order chi connectivity index (χ0) is 13.8. The Kier molecular flexibility index (Phi) is 4.81. The van der Waals surface area contributed by atoms with E-state index < -0.39 is 0 Å². The van der Waals surface area contributed by atoms with E-state index in [1.807, 2.05) is 19.2 Å². The molecule has 0 aliphatic carbocycles. The molecule has 19 heavy (non-hydrogen) atoms. The van der Waals surface area contributed by atoms with E-state index in [1.54, 1.807) is 0 Å². The van der Waals surface area contributed by atoms with Crippen LogP contribution in [0.3, 0.4) is 0 Å². The molecule has 1 fully saturated rings. The van der Waals surface area contributed by atoms with Crippen LogP contribution in [0.5, 0.6) is 0 Å². The maximum Gasteiger partial charge on any atom is 0.133 e. The number of rotatable bonds is 3. The maximum atomic E-state index is 6.07. The summed E-state index contributed by atoms with van der Waals surface area (Å²) in [6.45, 7) is 8.94. The van der Waals surface area contributed by atoms with Gasteiger partial charge >= 0.3 is 0 Å². The lowest BCUT2D eigenvalue weighted by atomic mass is 9.89. The minimum atomic E-state index is 0.0489. The molecule has 106 valence electrons. The van der Waals surface area contributed by atoms with E-state index in [0.29, 0.717) is 0 Å². The summed E-state index contributed by atoms with van der Waals surface area (Å²) in [5.41, 5.74) is 7.24. The number of aromatic nitrogens is 1. The van der Waals surface area contributed by atoms with Gasteiger partial charge in [0, 0.05) is 30.9 Å². The van der Waals surface area contributed by atoms with Crippen LogP contribution in [0.1, 0.15) is 51.6 Å². The van der Waals surface area contributed by atoms with Crippen molar-refractivity contribution in [2.45, 2.75) is 46.1 Å². The molecule has 1 unspecified atom stereocenters. The van der Waals surface area contributed by atoms with Crippen molar-refractivity contribution in [2.75, 3.05) is 18.0 Å². The highest BCUT2D eigenvalue weighted by molar-refractivity contribution is 5.48. The summed E-state index contributed by atoms with van der Waals surface area (Å²) in [5.74, 6) is 2.74. The Morgan fingerprint density at radius 1 is 1.26 bits per heavy atom. The highest BCUT2D eigenvalue weighted by atomic mass is 15.2. The lowest BCUT2D eigenvalue weighted by molar-refractivity contribution is 0.351. The van der Waals surface area contributed by atoms with E-state index in [1.165, 1.54) is 24.8 Å². The molecule has 0 saturated carbocycles. The molecule has 1 aliphatic rings. The molecular weight excluding hydrogens is 234 g/mol. The van der Waals surface area contributed by atoms with Crippen LogP contribution in [0, 0.1) is 11.8 Å². The number of nitrogens with zero attached hydrogens (tertiary/aromatic N) is 2. The summed E-state index contributed by atoms with van der Waals surface area (Å²) >= 11 is 0. The molecule has 1 aliphatic heterocycles. The van der Waals surface area contributed by atoms with Crippen molar-refractivity contribution in [3.05, 3.63) is 23.9 Å². The molecule has 1 aromatic rings. The molecule has 3 heteroatoms. The molecule has 2 N–H and O–H groups in total. The van der Waals surface area contributed by atoms with E-state index in [2.05, 4.69) is 29.8 Å². The van der Waals surface area contributed by atoms with Crippen LogP contribution >= 0.6 is 0 Å². The molecule has 0 bridgehead atoms. The second kappa shape index (κ2) is 6.38. The number of hydrogen-bond acceptors (Lipinski definition) is 3. The maximum absolute atomic E-state index is 6.07. The van der Waals surface area contributed by atoms with E-state index >= 15 is 0 Å². The summed E-state index contributed by atoms with van der Waals surface area (Å²) in [6.07, 6.45) is 5.75. The quantitative estimate of drug-likeness (QED) is 0.907. The molecule has 3 nitrogen and oxygen atoms in total. The van der Waals surface area contributed by atoms with E-state index in [0.717, 1.165) is 30.7 Å². The fraction of sp³-hybridized carbons (Fsp3) is 0.688. The zero-order valence-electron chi connectivity index (χ0n) is 12.5. The van der Waals surface area contributed by atoms with Crippen molar-refractivity contribution < 1.29 is 0 Å². The van der Waals surface area contributed by atoms with Crippen molar-refractivity contribution in [1.82, 2.24) is 4.98 Å². The summed E-state index contributed by atoms with van der Waals surface area (Å²) in [7, 11) is 0. The molecule has 2 atom stereocenters. The first kappa shape index (κ1) is 14.3. The van der Waals surface area contributed by atoms with Crippen LogP contribution in [0.4, 0.5) is 5.82 Å². The Morgan fingerprint density at radius 3 is 2.74 bits per heavy atom. The van der Waals surface area contributed by atoms with E-state index in [4.69, 9.17) is 5.73 Å². The van der Waals surface area contributed by atoms with Crippen LogP contribution in [0.25, 0.3) is 0 Å². The molecule has 2 heterocycles. The fourth-order valence-electron chi connectivity index (χ4n) is 3.03. The third-order valence-corrected chi connectivity index (χ3v) is 4.32. The Labute approximate surface area is 117 Å². The van der Waals surface area contributed by atoms with Crippen molar-refractivity contribution in [3.63, 3.8) is 0 Å². The lowest BCUT2D eigenvalue weighted by Crippen LogP contribution is -2.27. The summed E-state index contributed by atoms with van der Waals surface area (Å²) < 4.78 is 0. The number of hydrogen-bond donors (Lipinski definition) is 1. The first-order valence-electron chi connectivity index (χ1n) is 7.55. The van der Waals surface area contributed by atoms with Gasteiger partial charge in [0.1, 0.15) is 5.82 Å². The van der Waals surface area contributed by atoms with Crippen LogP contribution in [0.15, 0.2) is 18.3 Å². The third-order valence-electron chi connectivity index (χ3n) is 4.32. The third kappa shape index (κ3) is 3.47. The van der Waals surface area contributed by atoms with Crippen LogP contribution in [-0.2, 0) is 0 Å². The Hall–Kier alpha value is -1.09. The lowest BCUT2D eigenvalue weighted by Gasteiger charge is -2.25. The second-order valence-electron chi connectivity index (χ2n) is 6.13. The molecule has 0 amide bonds. The summed E-state index contributed by atoms with van der Waals surface area (Å²) in [4.78, 5) is 7.01. The number of pyridine rings is 1.